The molecule has 1 aliphatic heterocycles. The summed E-state index contributed by atoms with van der Waals surface area (Å²) in [5.41, 5.74) is 0. The molecule has 0 aliphatic carbocycles. The molecule has 0 unspecified atom stereocenters. The number of halogens is 2. The van der Waals surface area contributed by atoms with Crippen molar-refractivity contribution in [3.05, 3.63) is 28.2 Å². The number of ether oxygens (including phenoxy) is 2. The lowest BCUT2D eigenvalue weighted by Crippen LogP contribution is -2.40. The minimum atomic E-state index is 0.455. The Hall–Kier alpha value is -0.480. The predicted octanol–water partition coefficient (Wildman–Crippen LogP) is 4.37. The molecule has 1 aromatic carbocycles. The van der Waals surface area contributed by atoms with Crippen LogP contribution in [0.25, 0.3) is 0 Å². The van der Waals surface area contributed by atoms with E-state index in [1.165, 1.54) is 19.5 Å². The first-order chi connectivity index (χ1) is 10.6. The summed E-state index contributed by atoms with van der Waals surface area (Å²) < 4.78 is 11.2. The van der Waals surface area contributed by atoms with E-state index in [-0.39, 0.29) is 0 Å². The van der Waals surface area contributed by atoms with Gasteiger partial charge in [-0.3, -0.25) is 0 Å². The Morgan fingerprint density at radius 3 is 2.32 bits per heavy atom. The lowest BCUT2D eigenvalue weighted by molar-refractivity contribution is 0.0596. The van der Waals surface area contributed by atoms with Gasteiger partial charge in [0.2, 0.25) is 0 Å². The monoisotopic (exact) mass is 345 g/mol. The average molecular weight is 346 g/mol. The molecule has 2 rings (SSSR count). The smallest absolute Gasteiger partial charge is 0.156 e. The van der Waals surface area contributed by atoms with Gasteiger partial charge in [-0.1, -0.05) is 43.1 Å². The summed E-state index contributed by atoms with van der Waals surface area (Å²) in [6.45, 7) is 9.73. The fraction of sp³-hybridized carbons (Fsp3) is 0.647. The van der Waals surface area contributed by atoms with Crippen LogP contribution in [0.5, 0.6) is 5.75 Å². The minimum absolute atomic E-state index is 0.455. The highest BCUT2D eigenvalue weighted by Crippen LogP contribution is 2.32. The number of benzene rings is 1. The zero-order chi connectivity index (χ0) is 15.9. The van der Waals surface area contributed by atoms with Crippen molar-refractivity contribution < 1.29 is 9.47 Å². The van der Waals surface area contributed by atoms with Gasteiger partial charge >= 0.3 is 0 Å². The Bertz CT molecular complexity index is 440. The summed E-state index contributed by atoms with van der Waals surface area (Å²) in [5.74, 6) is 2.11. The van der Waals surface area contributed by atoms with Crippen LogP contribution in [0.15, 0.2) is 18.2 Å². The van der Waals surface area contributed by atoms with Crippen LogP contribution in [0.4, 0.5) is 0 Å². The van der Waals surface area contributed by atoms with Gasteiger partial charge in [0, 0.05) is 19.6 Å². The van der Waals surface area contributed by atoms with Crippen molar-refractivity contribution in [3.63, 3.8) is 0 Å². The van der Waals surface area contributed by atoms with Gasteiger partial charge in [-0.15, -0.1) is 0 Å². The van der Waals surface area contributed by atoms with Gasteiger partial charge in [-0.25, -0.2) is 0 Å². The fourth-order valence-corrected chi connectivity index (χ4v) is 3.60. The number of hydrogen-bond donors (Lipinski definition) is 0. The van der Waals surface area contributed by atoms with Crippen LogP contribution in [-0.2, 0) is 4.74 Å². The van der Waals surface area contributed by atoms with E-state index in [0.717, 1.165) is 25.0 Å². The predicted molar refractivity (Wildman–Crippen MR) is 92.2 cm³/mol. The molecule has 2 atom stereocenters. The van der Waals surface area contributed by atoms with Gasteiger partial charge in [0.1, 0.15) is 6.61 Å². The molecule has 1 saturated heterocycles. The Morgan fingerprint density at radius 1 is 1.05 bits per heavy atom. The maximum absolute atomic E-state index is 6.04. The van der Waals surface area contributed by atoms with Gasteiger partial charge in [-0.05, 0) is 30.4 Å². The van der Waals surface area contributed by atoms with Crippen LogP contribution in [0.1, 0.15) is 20.3 Å². The van der Waals surface area contributed by atoms with Crippen LogP contribution >= 0.6 is 23.2 Å². The van der Waals surface area contributed by atoms with Crippen molar-refractivity contribution in [1.82, 2.24) is 4.90 Å². The Balaban J connectivity index is 1.60. The molecule has 1 aromatic rings. The molecular formula is C17H25Cl2NO2. The molecule has 3 nitrogen and oxygen atoms in total. The van der Waals surface area contributed by atoms with Gasteiger partial charge in [-0.2, -0.15) is 0 Å². The van der Waals surface area contributed by atoms with Crippen molar-refractivity contribution in [2.75, 3.05) is 39.5 Å². The zero-order valence-corrected chi connectivity index (χ0v) is 14.9. The van der Waals surface area contributed by atoms with Crippen LogP contribution in [-0.4, -0.2) is 44.4 Å². The van der Waals surface area contributed by atoms with E-state index < -0.39 is 0 Å². The van der Waals surface area contributed by atoms with Crippen LogP contribution in [0.2, 0.25) is 10.0 Å². The topological polar surface area (TPSA) is 21.7 Å². The molecule has 22 heavy (non-hydrogen) atoms. The number of para-hydroxylation sites is 1. The minimum Gasteiger partial charge on any atom is -0.488 e. The molecule has 1 fully saturated rings. The second-order valence-corrected chi connectivity index (χ2v) is 7.03. The summed E-state index contributed by atoms with van der Waals surface area (Å²) in [6, 6.07) is 5.33. The van der Waals surface area contributed by atoms with Crippen molar-refractivity contribution >= 4 is 23.2 Å². The Morgan fingerprint density at radius 2 is 1.68 bits per heavy atom. The third-order valence-electron chi connectivity index (χ3n) is 3.89. The third kappa shape index (κ3) is 5.62. The molecule has 1 heterocycles. The van der Waals surface area contributed by atoms with Gasteiger partial charge in [0.05, 0.1) is 23.3 Å². The zero-order valence-electron chi connectivity index (χ0n) is 13.4. The van der Waals surface area contributed by atoms with Crippen molar-refractivity contribution in [1.29, 1.82) is 0 Å². The molecule has 0 spiro atoms. The summed E-state index contributed by atoms with van der Waals surface area (Å²) in [6.07, 6.45) is 1.34. The van der Waals surface area contributed by atoms with Gasteiger partial charge in [0.25, 0.3) is 0 Å². The molecule has 5 heteroatoms. The standard InChI is InChI=1S/C17H25Cl2NO2/c1-13-10-14(2)12-20(11-13)6-7-21-8-9-22-17-15(18)4-3-5-16(17)19/h3-5,13-14H,6-12H2,1-2H3/t13-,14-/m0/s1. The summed E-state index contributed by atoms with van der Waals surface area (Å²) >= 11 is 12.1. The van der Waals surface area contributed by atoms with Crippen molar-refractivity contribution in [2.24, 2.45) is 11.8 Å². The summed E-state index contributed by atoms with van der Waals surface area (Å²) in [5, 5.41) is 1.06. The Labute approximate surface area is 143 Å². The number of rotatable bonds is 7. The highest BCUT2D eigenvalue weighted by atomic mass is 35.5. The van der Waals surface area contributed by atoms with Crippen molar-refractivity contribution in [2.45, 2.75) is 20.3 Å². The summed E-state index contributed by atoms with van der Waals surface area (Å²) in [7, 11) is 0. The first-order valence-electron chi connectivity index (χ1n) is 7.93. The second-order valence-electron chi connectivity index (χ2n) is 6.22. The molecule has 0 saturated carbocycles. The highest BCUT2D eigenvalue weighted by molar-refractivity contribution is 6.37. The van der Waals surface area contributed by atoms with E-state index in [4.69, 9.17) is 32.7 Å². The quantitative estimate of drug-likeness (QED) is 0.685. The molecule has 0 amide bonds. The first-order valence-corrected chi connectivity index (χ1v) is 8.68. The van der Waals surface area contributed by atoms with Gasteiger partial charge in [0.15, 0.2) is 5.75 Å². The second kappa shape index (κ2) is 8.97. The van der Waals surface area contributed by atoms with E-state index >= 15 is 0 Å². The molecule has 1 aliphatic rings. The van der Waals surface area contributed by atoms with E-state index in [9.17, 15) is 0 Å². The number of likely N-dealkylation sites (tertiary alicyclic amines) is 1. The lowest BCUT2D eigenvalue weighted by atomic mass is 9.92. The molecule has 124 valence electrons. The van der Waals surface area contributed by atoms with E-state index in [1.54, 1.807) is 18.2 Å². The molecular weight excluding hydrogens is 321 g/mol. The van der Waals surface area contributed by atoms with Crippen LogP contribution in [0, 0.1) is 11.8 Å². The highest BCUT2D eigenvalue weighted by Gasteiger charge is 2.21. The molecule has 0 aromatic heterocycles. The maximum atomic E-state index is 6.04. The van der Waals surface area contributed by atoms with E-state index in [0.29, 0.717) is 29.0 Å². The van der Waals surface area contributed by atoms with E-state index in [1.807, 2.05) is 0 Å². The fourth-order valence-electron chi connectivity index (χ4n) is 3.09. The SMILES string of the molecule is C[C@H]1C[C@H](C)CN(CCOCCOc2c(Cl)cccc2Cl)C1. The summed E-state index contributed by atoms with van der Waals surface area (Å²) in [4.78, 5) is 2.49. The van der Waals surface area contributed by atoms with E-state index in [2.05, 4.69) is 18.7 Å². The number of hydrogen-bond acceptors (Lipinski definition) is 3. The largest absolute Gasteiger partial charge is 0.488 e. The molecule has 0 N–H and O–H groups in total. The van der Waals surface area contributed by atoms with Crippen LogP contribution < -0.4 is 4.74 Å². The Kier molecular flexibility index (Phi) is 7.29. The number of piperidine rings is 1. The molecule has 0 bridgehead atoms. The average Bonchev–Trinajstić information content (AvgIpc) is 2.44. The normalized spacial score (nSPS) is 22.7. The number of nitrogens with zero attached hydrogens (tertiary/aromatic N) is 1. The van der Waals surface area contributed by atoms with Crippen molar-refractivity contribution in [3.8, 4) is 5.75 Å². The molecule has 0 radical (unpaired) electrons. The lowest BCUT2D eigenvalue weighted by Gasteiger charge is -2.34. The van der Waals surface area contributed by atoms with Gasteiger partial charge < -0.3 is 14.4 Å². The van der Waals surface area contributed by atoms with Crippen LogP contribution in [0.3, 0.4) is 0 Å². The third-order valence-corrected chi connectivity index (χ3v) is 4.48. The maximum Gasteiger partial charge on any atom is 0.156 e. The first kappa shape index (κ1) is 17.9.